The van der Waals surface area contributed by atoms with E-state index < -0.39 is 0 Å². The van der Waals surface area contributed by atoms with Crippen LogP contribution in [0, 0.1) is 0 Å². The van der Waals surface area contributed by atoms with Crippen LogP contribution in [0.25, 0.3) is 0 Å². The molecule has 1 aromatic carbocycles. The fourth-order valence-corrected chi connectivity index (χ4v) is 2.09. The molecular formula is C14H20N2O2. The molecule has 3 unspecified atom stereocenters. The van der Waals surface area contributed by atoms with Crippen molar-refractivity contribution in [2.45, 2.75) is 44.9 Å². The zero-order valence-corrected chi connectivity index (χ0v) is 10.8. The van der Waals surface area contributed by atoms with Gasteiger partial charge in [-0.1, -0.05) is 12.1 Å². The fourth-order valence-electron chi connectivity index (χ4n) is 2.09. The Bertz CT molecular complexity index is 414. The smallest absolute Gasteiger partial charge is 0.253 e. The van der Waals surface area contributed by atoms with Crippen molar-refractivity contribution in [3.63, 3.8) is 0 Å². The zero-order valence-electron chi connectivity index (χ0n) is 10.8. The van der Waals surface area contributed by atoms with Crippen molar-refractivity contribution in [2.24, 2.45) is 5.73 Å². The normalized spacial score (nSPS) is 24.8. The predicted molar refractivity (Wildman–Crippen MR) is 71.2 cm³/mol. The van der Waals surface area contributed by atoms with E-state index in [0.717, 1.165) is 24.1 Å². The van der Waals surface area contributed by atoms with E-state index in [1.54, 1.807) is 0 Å². The van der Waals surface area contributed by atoms with E-state index >= 15 is 0 Å². The number of ether oxygens (including phenoxy) is 1. The van der Waals surface area contributed by atoms with Gasteiger partial charge in [-0.05, 0) is 44.4 Å². The van der Waals surface area contributed by atoms with Gasteiger partial charge in [0.25, 0.3) is 5.91 Å². The summed E-state index contributed by atoms with van der Waals surface area (Å²) in [7, 11) is 0. The van der Waals surface area contributed by atoms with Crippen LogP contribution in [0.2, 0.25) is 0 Å². The van der Waals surface area contributed by atoms with Crippen LogP contribution >= 0.6 is 0 Å². The van der Waals surface area contributed by atoms with Gasteiger partial charge >= 0.3 is 0 Å². The lowest BCUT2D eigenvalue weighted by molar-refractivity contribution is -0.126. The van der Waals surface area contributed by atoms with Crippen LogP contribution in [0.4, 0.5) is 5.69 Å². The molecule has 3 N–H and O–H groups in total. The standard InChI is InChI=1S/C14H20N2O2/c1-9-3-8-13(18-9)14(17)16-12-6-4-11(5-7-12)10(2)15/h4-7,9-10,13H,3,8,15H2,1-2H3,(H,16,17). The molecule has 2 rings (SSSR count). The van der Waals surface area contributed by atoms with Crippen LogP contribution < -0.4 is 11.1 Å². The van der Waals surface area contributed by atoms with E-state index in [4.69, 9.17) is 10.5 Å². The lowest BCUT2D eigenvalue weighted by atomic mass is 10.1. The van der Waals surface area contributed by atoms with Gasteiger partial charge in [-0.25, -0.2) is 0 Å². The van der Waals surface area contributed by atoms with Crippen molar-refractivity contribution in [1.82, 2.24) is 0 Å². The molecule has 0 aliphatic carbocycles. The van der Waals surface area contributed by atoms with Crippen LogP contribution in [0.3, 0.4) is 0 Å². The molecule has 1 aliphatic rings. The molecule has 18 heavy (non-hydrogen) atoms. The average molecular weight is 248 g/mol. The topological polar surface area (TPSA) is 64.4 Å². The quantitative estimate of drug-likeness (QED) is 0.862. The first-order valence-corrected chi connectivity index (χ1v) is 6.38. The number of benzene rings is 1. The summed E-state index contributed by atoms with van der Waals surface area (Å²) in [5, 5.41) is 2.87. The first-order chi connectivity index (χ1) is 8.56. The Morgan fingerprint density at radius 1 is 1.39 bits per heavy atom. The molecule has 1 saturated heterocycles. The molecular weight excluding hydrogens is 228 g/mol. The maximum absolute atomic E-state index is 11.9. The van der Waals surface area contributed by atoms with Crippen LogP contribution in [-0.4, -0.2) is 18.1 Å². The largest absolute Gasteiger partial charge is 0.365 e. The summed E-state index contributed by atoms with van der Waals surface area (Å²) in [6.07, 6.45) is 1.61. The summed E-state index contributed by atoms with van der Waals surface area (Å²) in [5.41, 5.74) is 7.61. The van der Waals surface area contributed by atoms with Gasteiger partial charge in [-0.15, -0.1) is 0 Å². The van der Waals surface area contributed by atoms with E-state index in [1.165, 1.54) is 0 Å². The van der Waals surface area contributed by atoms with Crippen LogP contribution in [0.1, 0.15) is 38.3 Å². The van der Waals surface area contributed by atoms with Crippen molar-refractivity contribution >= 4 is 11.6 Å². The molecule has 0 aromatic heterocycles. The number of rotatable bonds is 3. The Kier molecular flexibility index (Phi) is 3.99. The molecule has 1 heterocycles. The minimum absolute atomic E-state index is 0.00812. The summed E-state index contributed by atoms with van der Waals surface area (Å²) in [6, 6.07) is 7.61. The van der Waals surface area contributed by atoms with Crippen molar-refractivity contribution in [3.8, 4) is 0 Å². The summed E-state index contributed by atoms with van der Waals surface area (Å²) in [5.74, 6) is -0.0621. The van der Waals surface area contributed by atoms with Crippen LogP contribution in [0.5, 0.6) is 0 Å². The highest BCUT2D eigenvalue weighted by molar-refractivity contribution is 5.94. The summed E-state index contributed by atoms with van der Waals surface area (Å²) in [6.45, 7) is 3.92. The number of nitrogens with two attached hydrogens (primary N) is 1. The third kappa shape index (κ3) is 3.09. The number of nitrogens with one attached hydrogen (secondary N) is 1. The van der Waals surface area contributed by atoms with Crippen molar-refractivity contribution in [1.29, 1.82) is 0 Å². The second kappa shape index (κ2) is 5.50. The monoisotopic (exact) mass is 248 g/mol. The third-order valence-corrected chi connectivity index (χ3v) is 3.23. The van der Waals surface area contributed by atoms with E-state index in [2.05, 4.69) is 5.32 Å². The van der Waals surface area contributed by atoms with E-state index in [0.29, 0.717) is 0 Å². The van der Waals surface area contributed by atoms with Crippen LogP contribution in [-0.2, 0) is 9.53 Å². The molecule has 98 valence electrons. The molecule has 0 bridgehead atoms. The van der Waals surface area contributed by atoms with Gasteiger partial charge in [-0.3, -0.25) is 4.79 Å². The lowest BCUT2D eigenvalue weighted by Gasteiger charge is -2.12. The Morgan fingerprint density at radius 2 is 2.06 bits per heavy atom. The molecule has 4 nitrogen and oxygen atoms in total. The van der Waals surface area contributed by atoms with E-state index in [-0.39, 0.29) is 24.2 Å². The van der Waals surface area contributed by atoms with E-state index in [9.17, 15) is 4.79 Å². The number of hydrogen-bond acceptors (Lipinski definition) is 3. The highest BCUT2D eigenvalue weighted by atomic mass is 16.5. The van der Waals surface area contributed by atoms with Gasteiger partial charge in [0.2, 0.25) is 0 Å². The minimum atomic E-state index is -0.312. The molecule has 4 heteroatoms. The molecule has 1 aliphatic heterocycles. The highest BCUT2D eigenvalue weighted by Crippen LogP contribution is 2.21. The predicted octanol–water partition coefficient (Wildman–Crippen LogP) is 2.21. The second-order valence-corrected chi connectivity index (χ2v) is 4.91. The van der Waals surface area contributed by atoms with Gasteiger partial charge in [0, 0.05) is 11.7 Å². The molecule has 1 fully saturated rings. The molecule has 3 atom stereocenters. The Balaban J connectivity index is 1.95. The van der Waals surface area contributed by atoms with Crippen LogP contribution in [0.15, 0.2) is 24.3 Å². The SMILES string of the molecule is CC1CCC(C(=O)Nc2ccc(C(C)N)cc2)O1. The Labute approximate surface area is 108 Å². The first-order valence-electron chi connectivity index (χ1n) is 6.38. The van der Waals surface area contributed by atoms with Gasteiger partial charge in [0.1, 0.15) is 6.10 Å². The number of anilines is 1. The Hall–Kier alpha value is -1.39. The number of hydrogen-bond donors (Lipinski definition) is 2. The maximum atomic E-state index is 11.9. The zero-order chi connectivity index (χ0) is 13.1. The molecule has 0 saturated carbocycles. The number of amides is 1. The van der Waals surface area contributed by atoms with Crippen molar-refractivity contribution < 1.29 is 9.53 Å². The summed E-state index contributed by atoms with van der Waals surface area (Å²) in [4.78, 5) is 11.9. The van der Waals surface area contributed by atoms with Gasteiger partial charge in [0.05, 0.1) is 6.10 Å². The first kappa shape index (κ1) is 13.1. The summed E-state index contributed by atoms with van der Waals surface area (Å²) >= 11 is 0. The number of carbonyl (C=O) groups excluding carboxylic acids is 1. The van der Waals surface area contributed by atoms with Crippen molar-refractivity contribution in [3.05, 3.63) is 29.8 Å². The Morgan fingerprint density at radius 3 is 2.56 bits per heavy atom. The molecule has 1 amide bonds. The number of carbonyl (C=O) groups is 1. The van der Waals surface area contributed by atoms with Gasteiger partial charge in [-0.2, -0.15) is 0 Å². The fraction of sp³-hybridized carbons (Fsp3) is 0.500. The average Bonchev–Trinajstić information content (AvgIpc) is 2.76. The highest BCUT2D eigenvalue weighted by Gasteiger charge is 2.27. The minimum Gasteiger partial charge on any atom is -0.365 e. The second-order valence-electron chi connectivity index (χ2n) is 4.91. The third-order valence-electron chi connectivity index (χ3n) is 3.23. The molecule has 0 radical (unpaired) electrons. The van der Waals surface area contributed by atoms with E-state index in [1.807, 2.05) is 38.1 Å². The summed E-state index contributed by atoms with van der Waals surface area (Å²) < 4.78 is 5.53. The lowest BCUT2D eigenvalue weighted by Crippen LogP contribution is -2.27. The molecule has 1 aromatic rings. The van der Waals surface area contributed by atoms with Gasteiger partial charge in [0.15, 0.2) is 0 Å². The van der Waals surface area contributed by atoms with Gasteiger partial charge < -0.3 is 15.8 Å². The maximum Gasteiger partial charge on any atom is 0.253 e. The van der Waals surface area contributed by atoms with Crippen molar-refractivity contribution in [2.75, 3.05) is 5.32 Å². The molecule has 0 spiro atoms.